The van der Waals surface area contributed by atoms with Gasteiger partial charge in [-0.1, -0.05) is 31.5 Å². The number of thiocarbonyl (C=S) groups is 1. The van der Waals surface area contributed by atoms with Gasteiger partial charge in [-0.25, -0.2) is 0 Å². The van der Waals surface area contributed by atoms with E-state index in [4.69, 9.17) is 12.2 Å². The smallest absolute Gasteiger partial charge is 0.221 e. The van der Waals surface area contributed by atoms with E-state index in [2.05, 4.69) is 10.6 Å². The number of hydrogen-bond acceptors (Lipinski definition) is 2. The van der Waals surface area contributed by atoms with Gasteiger partial charge in [0.2, 0.25) is 5.91 Å². The maximum absolute atomic E-state index is 11.0. The largest absolute Gasteiger partial charge is 0.376 e. The average Bonchev–Trinajstić information content (AvgIpc) is 2.46. The summed E-state index contributed by atoms with van der Waals surface area (Å²) in [6, 6.07) is 7.65. The summed E-state index contributed by atoms with van der Waals surface area (Å²) >= 11 is 5.42. The van der Waals surface area contributed by atoms with E-state index in [9.17, 15) is 4.79 Å². The predicted molar refractivity (Wildman–Crippen MR) is 87.0 cm³/mol. The van der Waals surface area contributed by atoms with Crippen LogP contribution >= 0.6 is 12.2 Å². The number of anilines is 1. The molecule has 0 spiro atoms. The zero-order chi connectivity index (χ0) is 14.4. The third kappa shape index (κ3) is 4.60. The number of rotatable bonds is 4. The van der Waals surface area contributed by atoms with Gasteiger partial charge in [-0.3, -0.25) is 4.79 Å². The summed E-state index contributed by atoms with van der Waals surface area (Å²) in [6.45, 7) is 2.48. The molecule has 1 fully saturated rings. The van der Waals surface area contributed by atoms with Crippen LogP contribution in [-0.4, -0.2) is 17.4 Å². The summed E-state index contributed by atoms with van der Waals surface area (Å²) in [5.41, 5.74) is 1.81. The molecule has 1 saturated carbocycles. The minimum atomic E-state index is -0.0595. The lowest BCUT2D eigenvalue weighted by molar-refractivity contribution is -0.114. The molecular weight excluding hydrogens is 268 g/mol. The summed E-state index contributed by atoms with van der Waals surface area (Å²) in [6.07, 6.45) is 6.72. The molecule has 0 aliphatic heterocycles. The van der Waals surface area contributed by atoms with E-state index in [1.165, 1.54) is 39.0 Å². The standard InChI is InChI=1S/C16H22N2OS/c1-12(19)18-15-9-7-14(8-10-15)16(20)17-11-13-5-3-2-4-6-13/h7-10,13H,2-6,11H2,1H3,(H,17,20)(H,18,19). The van der Waals surface area contributed by atoms with Crippen LogP contribution in [0.25, 0.3) is 0 Å². The first-order valence-corrected chi connectivity index (χ1v) is 7.72. The molecule has 0 heterocycles. The Balaban J connectivity index is 1.83. The van der Waals surface area contributed by atoms with Crippen molar-refractivity contribution in [2.45, 2.75) is 39.0 Å². The summed E-state index contributed by atoms with van der Waals surface area (Å²) < 4.78 is 0. The minimum Gasteiger partial charge on any atom is -0.376 e. The Morgan fingerprint density at radius 2 is 1.85 bits per heavy atom. The van der Waals surface area contributed by atoms with E-state index in [0.717, 1.165) is 28.7 Å². The second kappa shape index (κ2) is 7.39. The number of benzene rings is 1. The highest BCUT2D eigenvalue weighted by Gasteiger charge is 2.13. The lowest BCUT2D eigenvalue weighted by atomic mass is 9.89. The molecule has 2 N–H and O–H groups in total. The lowest BCUT2D eigenvalue weighted by Gasteiger charge is -2.22. The van der Waals surface area contributed by atoms with Crippen LogP contribution in [-0.2, 0) is 4.79 Å². The van der Waals surface area contributed by atoms with Gasteiger partial charge in [-0.05, 0) is 43.0 Å². The van der Waals surface area contributed by atoms with Gasteiger partial charge in [0.05, 0.1) is 0 Å². The molecule has 1 aliphatic carbocycles. The highest BCUT2D eigenvalue weighted by Crippen LogP contribution is 2.22. The molecule has 4 heteroatoms. The fourth-order valence-electron chi connectivity index (χ4n) is 2.64. The van der Waals surface area contributed by atoms with Crippen molar-refractivity contribution in [2.24, 2.45) is 5.92 Å². The third-order valence-corrected chi connectivity index (χ3v) is 4.12. The number of carbonyl (C=O) groups is 1. The highest BCUT2D eigenvalue weighted by atomic mass is 32.1. The quantitative estimate of drug-likeness (QED) is 0.834. The van der Waals surface area contributed by atoms with Crippen LogP contribution < -0.4 is 10.6 Å². The van der Waals surface area contributed by atoms with E-state index in [-0.39, 0.29) is 5.91 Å². The second-order valence-corrected chi connectivity index (χ2v) is 5.88. The van der Waals surface area contributed by atoms with Gasteiger partial charge < -0.3 is 10.6 Å². The molecule has 0 saturated heterocycles. The van der Waals surface area contributed by atoms with Gasteiger partial charge in [-0.2, -0.15) is 0 Å². The molecule has 0 bridgehead atoms. The molecule has 20 heavy (non-hydrogen) atoms. The Morgan fingerprint density at radius 1 is 1.20 bits per heavy atom. The molecule has 0 unspecified atom stereocenters. The number of amides is 1. The normalized spacial score (nSPS) is 15.7. The molecule has 1 amide bonds. The Kier molecular flexibility index (Phi) is 5.53. The van der Waals surface area contributed by atoms with E-state index >= 15 is 0 Å². The molecule has 0 radical (unpaired) electrons. The fourth-order valence-corrected chi connectivity index (χ4v) is 2.86. The Hall–Kier alpha value is -1.42. The van der Waals surface area contributed by atoms with E-state index in [1.54, 1.807) is 0 Å². The third-order valence-electron chi connectivity index (χ3n) is 3.74. The molecule has 1 aromatic rings. The zero-order valence-corrected chi connectivity index (χ0v) is 12.8. The highest BCUT2D eigenvalue weighted by molar-refractivity contribution is 7.80. The van der Waals surface area contributed by atoms with Gasteiger partial charge in [0, 0.05) is 24.7 Å². The summed E-state index contributed by atoms with van der Waals surface area (Å²) in [5, 5.41) is 6.12. The Morgan fingerprint density at radius 3 is 2.45 bits per heavy atom. The van der Waals surface area contributed by atoms with Gasteiger partial charge in [0.25, 0.3) is 0 Å². The first-order valence-electron chi connectivity index (χ1n) is 7.31. The van der Waals surface area contributed by atoms with Crippen molar-refractivity contribution >= 4 is 28.8 Å². The van der Waals surface area contributed by atoms with Crippen LogP contribution in [0.15, 0.2) is 24.3 Å². The number of hydrogen-bond donors (Lipinski definition) is 2. The topological polar surface area (TPSA) is 41.1 Å². The average molecular weight is 290 g/mol. The first kappa shape index (κ1) is 15.0. The molecule has 1 aromatic carbocycles. The van der Waals surface area contributed by atoms with Crippen molar-refractivity contribution in [3.05, 3.63) is 29.8 Å². The van der Waals surface area contributed by atoms with Crippen molar-refractivity contribution in [1.82, 2.24) is 5.32 Å². The van der Waals surface area contributed by atoms with Gasteiger partial charge >= 0.3 is 0 Å². The minimum absolute atomic E-state index is 0.0595. The van der Waals surface area contributed by atoms with Crippen molar-refractivity contribution in [3.8, 4) is 0 Å². The first-order chi connectivity index (χ1) is 9.65. The molecule has 0 atom stereocenters. The fraction of sp³-hybridized carbons (Fsp3) is 0.500. The van der Waals surface area contributed by atoms with Crippen molar-refractivity contribution < 1.29 is 4.79 Å². The second-order valence-electron chi connectivity index (χ2n) is 5.47. The van der Waals surface area contributed by atoms with E-state index in [1.807, 2.05) is 24.3 Å². The van der Waals surface area contributed by atoms with Crippen molar-refractivity contribution in [2.75, 3.05) is 11.9 Å². The molecule has 0 aromatic heterocycles. The molecule has 108 valence electrons. The van der Waals surface area contributed by atoms with Crippen LogP contribution in [0.4, 0.5) is 5.69 Å². The number of nitrogens with one attached hydrogen (secondary N) is 2. The molecule has 1 aliphatic rings. The lowest BCUT2D eigenvalue weighted by Crippen LogP contribution is -2.29. The zero-order valence-electron chi connectivity index (χ0n) is 11.9. The molecule has 3 nitrogen and oxygen atoms in total. The Labute approximate surface area is 126 Å². The SMILES string of the molecule is CC(=O)Nc1ccc(C(=S)NCC2CCCCC2)cc1. The predicted octanol–water partition coefficient (Wildman–Crippen LogP) is 3.49. The van der Waals surface area contributed by atoms with Crippen molar-refractivity contribution in [3.63, 3.8) is 0 Å². The molecule has 2 rings (SSSR count). The van der Waals surface area contributed by atoms with Crippen molar-refractivity contribution in [1.29, 1.82) is 0 Å². The monoisotopic (exact) mass is 290 g/mol. The Bertz CT molecular complexity index is 464. The van der Waals surface area contributed by atoms with Gasteiger partial charge in [0.15, 0.2) is 0 Å². The molecular formula is C16H22N2OS. The van der Waals surface area contributed by atoms with Crippen LogP contribution in [0.1, 0.15) is 44.6 Å². The van der Waals surface area contributed by atoms with E-state index < -0.39 is 0 Å². The van der Waals surface area contributed by atoms with Crippen LogP contribution in [0, 0.1) is 5.92 Å². The summed E-state index contributed by atoms with van der Waals surface area (Å²) in [7, 11) is 0. The summed E-state index contributed by atoms with van der Waals surface area (Å²) in [5.74, 6) is 0.705. The van der Waals surface area contributed by atoms with E-state index in [0.29, 0.717) is 0 Å². The number of carbonyl (C=O) groups excluding carboxylic acids is 1. The maximum Gasteiger partial charge on any atom is 0.221 e. The summed E-state index contributed by atoms with van der Waals surface area (Å²) in [4.78, 5) is 11.8. The van der Waals surface area contributed by atoms with Crippen LogP contribution in [0.5, 0.6) is 0 Å². The van der Waals surface area contributed by atoms with Crippen LogP contribution in [0.3, 0.4) is 0 Å². The maximum atomic E-state index is 11.0. The van der Waals surface area contributed by atoms with Gasteiger partial charge in [-0.15, -0.1) is 0 Å². The van der Waals surface area contributed by atoms with Crippen LogP contribution in [0.2, 0.25) is 0 Å². The van der Waals surface area contributed by atoms with Gasteiger partial charge in [0.1, 0.15) is 4.99 Å².